The third kappa shape index (κ3) is 3.18. The fourth-order valence-electron chi connectivity index (χ4n) is 2.56. The number of nitrogens with zero attached hydrogens (tertiary/aromatic N) is 2. The van der Waals surface area contributed by atoms with Gasteiger partial charge in [-0.2, -0.15) is 0 Å². The molecule has 23 heavy (non-hydrogen) atoms. The molecule has 1 aromatic heterocycles. The van der Waals surface area contributed by atoms with E-state index in [2.05, 4.69) is 10.5 Å². The van der Waals surface area contributed by atoms with Crippen molar-refractivity contribution in [2.45, 2.75) is 20.4 Å². The van der Waals surface area contributed by atoms with E-state index in [4.69, 9.17) is 4.52 Å². The number of amides is 2. The predicted molar refractivity (Wildman–Crippen MR) is 90.4 cm³/mol. The van der Waals surface area contributed by atoms with Crippen LogP contribution in [-0.2, 0) is 6.54 Å². The van der Waals surface area contributed by atoms with Crippen LogP contribution in [0.15, 0.2) is 53.1 Å². The highest BCUT2D eigenvalue weighted by Crippen LogP contribution is 2.18. The zero-order valence-corrected chi connectivity index (χ0v) is 13.2. The summed E-state index contributed by atoms with van der Waals surface area (Å²) in [5, 5.41) is 7.86. The molecule has 3 aromatic rings. The van der Waals surface area contributed by atoms with Crippen molar-refractivity contribution >= 4 is 22.7 Å². The van der Waals surface area contributed by atoms with Crippen LogP contribution in [0.4, 0.5) is 10.5 Å². The predicted octanol–water partition coefficient (Wildman–Crippen LogP) is 3.87. The summed E-state index contributed by atoms with van der Waals surface area (Å²) < 4.78 is 5.25. The van der Waals surface area contributed by atoms with Crippen molar-refractivity contribution in [1.82, 2.24) is 10.5 Å². The maximum absolute atomic E-state index is 12.5. The van der Waals surface area contributed by atoms with Gasteiger partial charge in [-0.25, -0.2) is 4.79 Å². The van der Waals surface area contributed by atoms with Crippen molar-refractivity contribution in [3.63, 3.8) is 0 Å². The standard InChI is InChI=1S/C18H19N3O2/c1-3-21(14-8-6-7-13(2)11-14)18(22)19-12-16-15-9-4-5-10-17(15)23-20-16/h4-11H,3,12H2,1-2H3,(H,19,22). The Kier molecular flexibility index (Phi) is 4.28. The van der Waals surface area contributed by atoms with E-state index < -0.39 is 0 Å². The first-order valence-electron chi connectivity index (χ1n) is 7.64. The van der Waals surface area contributed by atoms with Crippen molar-refractivity contribution in [2.75, 3.05) is 11.4 Å². The number of urea groups is 1. The number of carbonyl (C=O) groups is 1. The fraction of sp³-hybridized carbons (Fsp3) is 0.222. The van der Waals surface area contributed by atoms with Gasteiger partial charge in [-0.15, -0.1) is 0 Å². The topological polar surface area (TPSA) is 58.4 Å². The first kappa shape index (κ1) is 15.1. The minimum atomic E-state index is -0.148. The number of rotatable bonds is 4. The molecule has 118 valence electrons. The number of aromatic nitrogens is 1. The van der Waals surface area contributed by atoms with Crippen LogP contribution >= 0.6 is 0 Å². The van der Waals surface area contributed by atoms with Crippen LogP contribution in [0, 0.1) is 6.92 Å². The lowest BCUT2D eigenvalue weighted by Crippen LogP contribution is -2.39. The summed E-state index contributed by atoms with van der Waals surface area (Å²) in [7, 11) is 0. The summed E-state index contributed by atoms with van der Waals surface area (Å²) in [5.41, 5.74) is 3.46. The number of anilines is 1. The van der Waals surface area contributed by atoms with Crippen LogP contribution in [0.2, 0.25) is 0 Å². The van der Waals surface area contributed by atoms with Crippen LogP contribution in [-0.4, -0.2) is 17.7 Å². The maximum atomic E-state index is 12.5. The van der Waals surface area contributed by atoms with Crippen LogP contribution < -0.4 is 10.2 Å². The molecular weight excluding hydrogens is 290 g/mol. The van der Waals surface area contributed by atoms with Gasteiger partial charge in [0.25, 0.3) is 0 Å². The Morgan fingerprint density at radius 1 is 1.22 bits per heavy atom. The van der Waals surface area contributed by atoms with Gasteiger partial charge in [-0.3, -0.25) is 4.90 Å². The Bertz CT molecular complexity index is 826. The summed E-state index contributed by atoms with van der Waals surface area (Å²) in [5.74, 6) is 0. The SMILES string of the molecule is CCN(C(=O)NCc1noc2ccccc12)c1cccc(C)c1. The number of benzene rings is 2. The number of nitrogens with one attached hydrogen (secondary N) is 1. The van der Waals surface area contributed by atoms with Crippen LogP contribution in [0.3, 0.4) is 0 Å². The molecule has 0 aliphatic rings. The molecule has 0 radical (unpaired) electrons. The second kappa shape index (κ2) is 6.52. The number of fused-ring (bicyclic) bond motifs is 1. The van der Waals surface area contributed by atoms with Crippen LogP contribution in [0.5, 0.6) is 0 Å². The van der Waals surface area contributed by atoms with E-state index in [1.54, 1.807) is 4.90 Å². The van der Waals surface area contributed by atoms with Gasteiger partial charge in [0.2, 0.25) is 0 Å². The average Bonchev–Trinajstić information content (AvgIpc) is 2.97. The lowest BCUT2D eigenvalue weighted by molar-refractivity contribution is 0.246. The first-order valence-corrected chi connectivity index (χ1v) is 7.64. The molecule has 0 aliphatic heterocycles. The molecule has 0 saturated heterocycles. The lowest BCUT2D eigenvalue weighted by Gasteiger charge is -2.21. The molecule has 0 aliphatic carbocycles. The molecule has 0 bridgehead atoms. The largest absolute Gasteiger partial charge is 0.356 e. The van der Waals surface area contributed by atoms with Crippen molar-refractivity contribution in [1.29, 1.82) is 0 Å². The third-order valence-electron chi connectivity index (χ3n) is 3.73. The molecule has 1 heterocycles. The summed E-state index contributed by atoms with van der Waals surface area (Å²) in [6.07, 6.45) is 0. The summed E-state index contributed by atoms with van der Waals surface area (Å²) in [4.78, 5) is 14.2. The minimum Gasteiger partial charge on any atom is -0.356 e. The summed E-state index contributed by atoms with van der Waals surface area (Å²) >= 11 is 0. The molecule has 2 aromatic carbocycles. The minimum absolute atomic E-state index is 0.148. The highest BCUT2D eigenvalue weighted by atomic mass is 16.5. The summed E-state index contributed by atoms with van der Waals surface area (Å²) in [6.45, 7) is 4.89. The van der Waals surface area contributed by atoms with Gasteiger partial charge in [0.1, 0.15) is 5.69 Å². The fourth-order valence-corrected chi connectivity index (χ4v) is 2.56. The van der Waals surface area contributed by atoms with E-state index in [-0.39, 0.29) is 6.03 Å². The number of aryl methyl sites for hydroxylation is 1. The van der Waals surface area contributed by atoms with Crippen molar-refractivity contribution in [3.8, 4) is 0 Å². The lowest BCUT2D eigenvalue weighted by atomic mass is 10.2. The van der Waals surface area contributed by atoms with Gasteiger partial charge in [0.15, 0.2) is 5.58 Å². The monoisotopic (exact) mass is 309 g/mol. The van der Waals surface area contributed by atoms with Crippen LogP contribution in [0.1, 0.15) is 18.2 Å². The number of carbonyl (C=O) groups excluding carboxylic acids is 1. The Morgan fingerprint density at radius 2 is 2.04 bits per heavy atom. The van der Waals surface area contributed by atoms with E-state index >= 15 is 0 Å². The van der Waals surface area contributed by atoms with Crippen molar-refractivity contribution in [2.24, 2.45) is 0 Å². The Balaban J connectivity index is 1.73. The molecule has 2 amide bonds. The number of hydrogen-bond donors (Lipinski definition) is 1. The van der Waals surface area contributed by atoms with E-state index in [9.17, 15) is 4.79 Å². The first-order chi connectivity index (χ1) is 11.2. The summed E-state index contributed by atoms with van der Waals surface area (Å²) in [6, 6.07) is 15.4. The molecule has 3 rings (SSSR count). The quantitative estimate of drug-likeness (QED) is 0.796. The Morgan fingerprint density at radius 3 is 2.83 bits per heavy atom. The van der Waals surface area contributed by atoms with Crippen LogP contribution in [0.25, 0.3) is 11.0 Å². The second-order valence-corrected chi connectivity index (χ2v) is 5.37. The highest BCUT2D eigenvalue weighted by molar-refractivity contribution is 5.92. The van der Waals surface area contributed by atoms with E-state index in [1.165, 1.54) is 0 Å². The van der Waals surface area contributed by atoms with E-state index in [0.717, 1.165) is 27.9 Å². The van der Waals surface area contributed by atoms with Gasteiger partial charge in [0, 0.05) is 17.6 Å². The van der Waals surface area contributed by atoms with Gasteiger partial charge >= 0.3 is 6.03 Å². The number of hydrogen-bond acceptors (Lipinski definition) is 3. The molecule has 0 spiro atoms. The van der Waals surface area contributed by atoms with Crippen molar-refractivity contribution < 1.29 is 9.32 Å². The van der Waals surface area contributed by atoms with E-state index in [1.807, 2.05) is 62.4 Å². The zero-order valence-electron chi connectivity index (χ0n) is 13.2. The molecule has 0 unspecified atom stereocenters. The maximum Gasteiger partial charge on any atom is 0.322 e. The second-order valence-electron chi connectivity index (χ2n) is 5.37. The molecule has 0 saturated carbocycles. The smallest absolute Gasteiger partial charge is 0.322 e. The Hall–Kier alpha value is -2.82. The molecule has 5 nitrogen and oxygen atoms in total. The highest BCUT2D eigenvalue weighted by Gasteiger charge is 2.15. The molecule has 0 atom stereocenters. The van der Waals surface area contributed by atoms with Crippen molar-refractivity contribution in [3.05, 3.63) is 59.8 Å². The molecule has 1 N–H and O–H groups in total. The molecular formula is C18H19N3O2. The third-order valence-corrected chi connectivity index (χ3v) is 3.73. The normalized spacial score (nSPS) is 10.7. The van der Waals surface area contributed by atoms with E-state index in [0.29, 0.717) is 13.1 Å². The van der Waals surface area contributed by atoms with Gasteiger partial charge in [-0.05, 0) is 43.7 Å². The number of para-hydroxylation sites is 1. The molecule has 0 fully saturated rings. The van der Waals surface area contributed by atoms with Gasteiger partial charge in [0.05, 0.1) is 6.54 Å². The van der Waals surface area contributed by atoms with Gasteiger partial charge < -0.3 is 9.84 Å². The molecule has 5 heteroatoms. The van der Waals surface area contributed by atoms with Gasteiger partial charge in [-0.1, -0.05) is 29.4 Å². The average molecular weight is 309 g/mol. The zero-order chi connectivity index (χ0) is 16.2. The Labute approximate surface area is 134 Å².